The Labute approximate surface area is 163 Å². The van der Waals surface area contributed by atoms with Gasteiger partial charge < -0.3 is 4.57 Å². The van der Waals surface area contributed by atoms with E-state index in [4.69, 9.17) is 0 Å². The molecule has 1 aromatic heterocycles. The predicted octanol–water partition coefficient (Wildman–Crippen LogP) is 5.00. The van der Waals surface area contributed by atoms with Crippen molar-refractivity contribution in [1.29, 1.82) is 0 Å². The Kier molecular flexibility index (Phi) is 5.44. The van der Waals surface area contributed by atoms with E-state index in [2.05, 4.69) is 0 Å². The molecule has 1 saturated carbocycles. The van der Waals surface area contributed by atoms with Crippen LogP contribution in [0.3, 0.4) is 0 Å². The molecule has 0 aliphatic heterocycles. The van der Waals surface area contributed by atoms with Crippen molar-refractivity contribution in [2.45, 2.75) is 56.9 Å². The summed E-state index contributed by atoms with van der Waals surface area (Å²) in [5, 5.41) is -0.937. The highest BCUT2D eigenvalue weighted by molar-refractivity contribution is 7.90. The number of halogens is 6. The van der Waals surface area contributed by atoms with Crippen molar-refractivity contribution in [1.82, 2.24) is 9.29 Å². The Balaban J connectivity index is 2.17. The van der Waals surface area contributed by atoms with Gasteiger partial charge in [-0.1, -0.05) is 19.9 Å². The lowest BCUT2D eigenvalue weighted by atomic mass is 10.0. The molecule has 1 aliphatic carbocycles. The Hall–Kier alpha value is -1.75. The SMILES string of the molecule is CC(C)Cn1cc(C(NS(=O)(=O)C2CC2)C(F)(F)F)c2ccc(C(F)(F)F)cc21. The number of fused-ring (bicyclic) bond motifs is 1. The van der Waals surface area contributed by atoms with E-state index < -0.39 is 44.8 Å². The van der Waals surface area contributed by atoms with Crippen LogP contribution in [0.2, 0.25) is 0 Å². The minimum atomic E-state index is -4.96. The summed E-state index contributed by atoms with van der Waals surface area (Å²) < 4.78 is 108. The van der Waals surface area contributed by atoms with Crippen LogP contribution in [0, 0.1) is 5.92 Å². The normalized spacial score (nSPS) is 17.3. The summed E-state index contributed by atoms with van der Waals surface area (Å²) in [6.07, 6.45) is -7.95. The molecule has 1 fully saturated rings. The fourth-order valence-electron chi connectivity index (χ4n) is 3.22. The van der Waals surface area contributed by atoms with Gasteiger partial charge in [0.05, 0.1) is 10.8 Å². The molecule has 1 aromatic carbocycles. The van der Waals surface area contributed by atoms with Crippen molar-refractivity contribution >= 4 is 20.9 Å². The van der Waals surface area contributed by atoms with Crippen molar-refractivity contribution < 1.29 is 34.8 Å². The molecule has 1 atom stereocenters. The first-order valence-electron chi connectivity index (χ1n) is 8.98. The summed E-state index contributed by atoms with van der Waals surface area (Å²) in [6.45, 7) is 3.73. The van der Waals surface area contributed by atoms with Gasteiger partial charge in [0.2, 0.25) is 10.0 Å². The van der Waals surface area contributed by atoms with E-state index in [-0.39, 0.29) is 36.2 Å². The number of nitrogens with one attached hydrogen (secondary N) is 1. The van der Waals surface area contributed by atoms with Crippen LogP contribution >= 0.6 is 0 Å². The molecular formula is C18H20F6N2O2S. The van der Waals surface area contributed by atoms with Crippen molar-refractivity contribution in [3.63, 3.8) is 0 Å². The van der Waals surface area contributed by atoms with Gasteiger partial charge in [0, 0.05) is 29.2 Å². The van der Waals surface area contributed by atoms with Crippen LogP contribution in [-0.4, -0.2) is 24.4 Å². The number of sulfonamides is 1. The van der Waals surface area contributed by atoms with Crippen LogP contribution in [0.5, 0.6) is 0 Å². The van der Waals surface area contributed by atoms with Crippen LogP contribution < -0.4 is 4.72 Å². The summed E-state index contributed by atoms with van der Waals surface area (Å²) in [5.41, 5.74) is -1.42. The third-order valence-electron chi connectivity index (χ3n) is 4.69. The number of hydrogen-bond acceptors (Lipinski definition) is 2. The molecule has 0 amide bonds. The molecule has 0 radical (unpaired) electrons. The quantitative estimate of drug-likeness (QED) is 0.640. The molecule has 0 spiro atoms. The van der Waals surface area contributed by atoms with Crippen molar-refractivity contribution in [2.24, 2.45) is 5.92 Å². The van der Waals surface area contributed by atoms with Crippen LogP contribution in [-0.2, 0) is 22.7 Å². The maximum atomic E-state index is 13.8. The van der Waals surface area contributed by atoms with E-state index in [9.17, 15) is 34.8 Å². The zero-order valence-electron chi connectivity index (χ0n) is 15.6. The summed E-state index contributed by atoms with van der Waals surface area (Å²) in [7, 11) is -4.19. The topological polar surface area (TPSA) is 51.1 Å². The first-order chi connectivity index (χ1) is 13.2. The van der Waals surface area contributed by atoms with Gasteiger partial charge in [0.15, 0.2) is 0 Å². The van der Waals surface area contributed by atoms with Gasteiger partial charge in [-0.3, -0.25) is 0 Å². The molecule has 1 heterocycles. The van der Waals surface area contributed by atoms with E-state index in [1.807, 2.05) is 0 Å². The zero-order chi connectivity index (χ0) is 21.8. The molecule has 11 heteroatoms. The summed E-state index contributed by atoms with van der Waals surface area (Å²) in [4.78, 5) is 0. The largest absolute Gasteiger partial charge is 0.416 e. The van der Waals surface area contributed by atoms with Crippen molar-refractivity contribution in [2.75, 3.05) is 0 Å². The molecule has 0 bridgehead atoms. The second-order valence-electron chi connectivity index (χ2n) is 7.70. The third-order valence-corrected chi connectivity index (χ3v) is 6.60. The van der Waals surface area contributed by atoms with Crippen molar-refractivity contribution in [3.05, 3.63) is 35.5 Å². The highest BCUT2D eigenvalue weighted by Gasteiger charge is 2.47. The van der Waals surface area contributed by atoms with E-state index in [1.165, 1.54) is 4.57 Å². The number of nitrogens with zero attached hydrogens (tertiary/aromatic N) is 1. The monoisotopic (exact) mass is 442 g/mol. The Morgan fingerprint density at radius 3 is 2.24 bits per heavy atom. The van der Waals surface area contributed by atoms with E-state index >= 15 is 0 Å². The number of alkyl halides is 6. The van der Waals surface area contributed by atoms with E-state index in [0.29, 0.717) is 6.07 Å². The molecule has 29 heavy (non-hydrogen) atoms. The lowest BCUT2D eigenvalue weighted by molar-refractivity contribution is -0.152. The number of hydrogen-bond donors (Lipinski definition) is 1. The van der Waals surface area contributed by atoms with Crippen molar-refractivity contribution in [3.8, 4) is 0 Å². The highest BCUT2D eigenvalue weighted by Crippen LogP contribution is 2.41. The molecular weight excluding hydrogens is 422 g/mol. The van der Waals surface area contributed by atoms with Gasteiger partial charge in [-0.15, -0.1) is 0 Å². The fourth-order valence-corrected chi connectivity index (χ4v) is 4.75. The molecule has 1 aliphatic rings. The minimum Gasteiger partial charge on any atom is -0.347 e. The predicted molar refractivity (Wildman–Crippen MR) is 95.7 cm³/mol. The average Bonchev–Trinajstić information content (AvgIpc) is 3.35. The number of benzene rings is 1. The van der Waals surface area contributed by atoms with Crippen LogP contribution in [0.15, 0.2) is 24.4 Å². The second kappa shape index (κ2) is 7.19. The van der Waals surface area contributed by atoms with Gasteiger partial charge >= 0.3 is 12.4 Å². The van der Waals surface area contributed by atoms with E-state index in [0.717, 1.165) is 18.3 Å². The number of aromatic nitrogens is 1. The zero-order valence-corrected chi connectivity index (χ0v) is 16.4. The fraction of sp³-hybridized carbons (Fsp3) is 0.556. The Bertz CT molecular complexity index is 1000. The molecule has 0 saturated heterocycles. The maximum Gasteiger partial charge on any atom is 0.416 e. The minimum absolute atomic E-state index is 0.0246. The summed E-state index contributed by atoms with van der Waals surface area (Å²) in [5.74, 6) is -0.0551. The first kappa shape index (κ1) is 21.9. The van der Waals surface area contributed by atoms with Gasteiger partial charge in [-0.25, -0.2) is 8.42 Å². The Morgan fingerprint density at radius 1 is 1.14 bits per heavy atom. The molecule has 3 rings (SSSR count). The van der Waals surface area contributed by atoms with E-state index in [1.54, 1.807) is 18.6 Å². The second-order valence-corrected chi connectivity index (χ2v) is 9.69. The molecule has 162 valence electrons. The van der Waals surface area contributed by atoms with Gasteiger partial charge in [-0.05, 0) is 30.9 Å². The maximum absolute atomic E-state index is 13.8. The van der Waals surface area contributed by atoms with Gasteiger partial charge in [0.25, 0.3) is 0 Å². The lowest BCUT2D eigenvalue weighted by Gasteiger charge is -2.21. The van der Waals surface area contributed by atoms with Crippen LogP contribution in [0.25, 0.3) is 10.9 Å². The third kappa shape index (κ3) is 4.71. The standard InChI is InChI=1S/C18H20F6N2O2S/c1-10(2)8-26-9-14(13-6-3-11(7-15(13)26)17(19,20)21)16(18(22,23)24)25-29(27,28)12-4-5-12/h3,6-7,9-10,12,16,25H,4-5,8H2,1-2H3. The van der Waals surface area contributed by atoms with Crippen LogP contribution in [0.4, 0.5) is 26.3 Å². The molecule has 2 aromatic rings. The molecule has 1 N–H and O–H groups in total. The smallest absolute Gasteiger partial charge is 0.347 e. The highest BCUT2D eigenvalue weighted by atomic mass is 32.2. The first-order valence-corrected chi connectivity index (χ1v) is 10.5. The van der Waals surface area contributed by atoms with Crippen LogP contribution in [0.1, 0.15) is 43.9 Å². The van der Waals surface area contributed by atoms with Gasteiger partial charge in [-0.2, -0.15) is 31.1 Å². The molecule has 4 nitrogen and oxygen atoms in total. The summed E-state index contributed by atoms with van der Waals surface area (Å²) >= 11 is 0. The Morgan fingerprint density at radius 2 is 1.76 bits per heavy atom. The van der Waals surface area contributed by atoms with Gasteiger partial charge in [0.1, 0.15) is 6.04 Å². The lowest BCUT2D eigenvalue weighted by Crippen LogP contribution is -2.39. The average molecular weight is 442 g/mol. The molecule has 1 unspecified atom stereocenters. The number of rotatable bonds is 6. The summed E-state index contributed by atoms with van der Waals surface area (Å²) in [6, 6.07) is -0.0758.